The third-order valence-electron chi connectivity index (χ3n) is 1.77. The fourth-order valence-corrected chi connectivity index (χ4v) is 1.46. The number of halogens is 1. The van der Waals surface area contributed by atoms with Crippen LogP contribution in [0, 0.1) is 0 Å². The van der Waals surface area contributed by atoms with Crippen LogP contribution < -0.4 is 5.32 Å². The summed E-state index contributed by atoms with van der Waals surface area (Å²) in [5.74, 6) is -1.13. The minimum Gasteiger partial charge on any atom is -0.347 e. The normalized spacial score (nSPS) is 13.1. The number of carbonyl (C=O) groups is 1. The molecule has 0 aliphatic heterocycles. The number of hydrogen-bond donors (Lipinski definition) is 1. The van der Waals surface area contributed by atoms with Gasteiger partial charge in [-0.25, -0.2) is 8.57 Å². The van der Waals surface area contributed by atoms with Crippen molar-refractivity contribution in [1.82, 2.24) is 5.32 Å². The zero-order valence-electron chi connectivity index (χ0n) is 9.09. The molecule has 1 N–H and O–H groups in total. The summed E-state index contributed by atoms with van der Waals surface area (Å²) in [5.41, 5.74) is 0.771. The second kappa shape index (κ2) is 5.74. The Labute approximate surface area is 98.7 Å². The van der Waals surface area contributed by atoms with Crippen molar-refractivity contribution in [1.29, 1.82) is 0 Å². The van der Waals surface area contributed by atoms with Gasteiger partial charge >= 0.3 is 0 Å². The van der Waals surface area contributed by atoms with Crippen molar-refractivity contribution in [3.05, 3.63) is 35.9 Å². The van der Waals surface area contributed by atoms with E-state index in [1.807, 2.05) is 0 Å². The predicted molar refractivity (Wildman–Crippen MR) is 59.1 cm³/mol. The van der Waals surface area contributed by atoms with E-state index >= 15 is 0 Å². The lowest BCUT2D eigenvalue weighted by molar-refractivity contribution is -0.135. The summed E-state index contributed by atoms with van der Waals surface area (Å²) in [4.78, 5) is 11.1. The Kier molecular flexibility index (Phi) is 4.59. The van der Waals surface area contributed by atoms with Crippen molar-refractivity contribution in [2.75, 3.05) is 6.26 Å². The lowest BCUT2D eigenvalue weighted by Gasteiger charge is -2.08. The molecule has 0 aliphatic rings. The zero-order valence-corrected chi connectivity index (χ0v) is 9.91. The summed E-state index contributed by atoms with van der Waals surface area (Å²) in [6.45, 7) is 0.104. The topological polar surface area (TPSA) is 72.5 Å². The molecule has 0 spiro atoms. The van der Waals surface area contributed by atoms with E-state index in [0.29, 0.717) is 6.26 Å². The Balaban J connectivity index is 2.45. The quantitative estimate of drug-likeness (QED) is 0.787. The molecule has 7 heteroatoms. The van der Waals surface area contributed by atoms with Gasteiger partial charge in [-0.05, 0) is 5.56 Å². The van der Waals surface area contributed by atoms with Crippen LogP contribution in [0.5, 0.6) is 0 Å². The molecule has 0 bridgehead atoms. The standard InChI is InChI=1S/C10H12FNO4S/c1-17(14,15)16-9(11)10(13)12-7-8-5-3-2-4-6-8/h2-6,9H,7H2,1H3,(H,12,13). The molecule has 1 unspecified atom stereocenters. The molecule has 1 aromatic carbocycles. The first-order chi connectivity index (χ1) is 7.88. The van der Waals surface area contributed by atoms with Crippen LogP contribution in [0.1, 0.15) is 5.56 Å². The molecule has 94 valence electrons. The van der Waals surface area contributed by atoms with Crippen molar-refractivity contribution < 1.29 is 21.8 Å². The number of alkyl halides is 1. The van der Waals surface area contributed by atoms with Gasteiger partial charge in [0.2, 0.25) is 0 Å². The molecule has 0 aliphatic carbocycles. The van der Waals surface area contributed by atoms with E-state index in [1.54, 1.807) is 30.3 Å². The molecule has 1 atom stereocenters. The fraction of sp³-hybridized carbons (Fsp3) is 0.300. The Hall–Kier alpha value is -1.47. The molecule has 1 amide bonds. The zero-order chi connectivity index (χ0) is 12.9. The van der Waals surface area contributed by atoms with E-state index in [0.717, 1.165) is 5.56 Å². The van der Waals surface area contributed by atoms with Gasteiger partial charge in [0.15, 0.2) is 0 Å². The molecule has 0 fully saturated rings. The van der Waals surface area contributed by atoms with Gasteiger partial charge in [-0.1, -0.05) is 30.3 Å². The third-order valence-corrected chi connectivity index (χ3v) is 2.29. The summed E-state index contributed by atoms with van der Waals surface area (Å²) in [6, 6.07) is 8.81. The van der Waals surface area contributed by atoms with Crippen LogP contribution in [0.4, 0.5) is 4.39 Å². The Morgan fingerprint density at radius 2 is 2.00 bits per heavy atom. The summed E-state index contributed by atoms with van der Waals surface area (Å²) >= 11 is 0. The van der Waals surface area contributed by atoms with E-state index in [1.165, 1.54) is 0 Å². The average molecular weight is 261 g/mol. The second-order valence-electron chi connectivity index (χ2n) is 3.32. The Morgan fingerprint density at radius 1 is 1.41 bits per heavy atom. The van der Waals surface area contributed by atoms with Crippen LogP contribution in [-0.4, -0.2) is 26.9 Å². The highest BCUT2D eigenvalue weighted by Gasteiger charge is 2.22. The van der Waals surface area contributed by atoms with Gasteiger partial charge in [0.05, 0.1) is 6.26 Å². The first-order valence-corrected chi connectivity index (χ1v) is 6.54. The van der Waals surface area contributed by atoms with Gasteiger partial charge in [-0.15, -0.1) is 0 Å². The number of benzene rings is 1. The van der Waals surface area contributed by atoms with Crippen LogP contribution >= 0.6 is 0 Å². The maximum absolute atomic E-state index is 13.0. The van der Waals surface area contributed by atoms with Crippen molar-refractivity contribution in [2.45, 2.75) is 12.9 Å². The first-order valence-electron chi connectivity index (χ1n) is 4.72. The fourth-order valence-electron chi connectivity index (χ4n) is 1.06. The SMILES string of the molecule is CS(=O)(=O)OC(F)C(=O)NCc1ccccc1. The summed E-state index contributed by atoms with van der Waals surface area (Å²) in [5, 5.41) is 2.22. The highest BCUT2D eigenvalue weighted by Crippen LogP contribution is 2.01. The van der Waals surface area contributed by atoms with Crippen molar-refractivity contribution in [3.63, 3.8) is 0 Å². The summed E-state index contributed by atoms with van der Waals surface area (Å²) in [7, 11) is -3.99. The average Bonchev–Trinajstić information content (AvgIpc) is 2.25. The van der Waals surface area contributed by atoms with Crippen molar-refractivity contribution in [3.8, 4) is 0 Å². The Bertz CT molecular complexity index is 474. The lowest BCUT2D eigenvalue weighted by atomic mass is 10.2. The van der Waals surface area contributed by atoms with Gasteiger partial charge in [0, 0.05) is 6.54 Å². The second-order valence-corrected chi connectivity index (χ2v) is 4.92. The van der Waals surface area contributed by atoms with E-state index in [9.17, 15) is 17.6 Å². The molecular weight excluding hydrogens is 249 g/mol. The molecule has 17 heavy (non-hydrogen) atoms. The third kappa shape index (κ3) is 5.41. The number of nitrogens with one attached hydrogen (secondary N) is 1. The molecule has 5 nitrogen and oxygen atoms in total. The first kappa shape index (κ1) is 13.6. The maximum atomic E-state index is 13.0. The number of amides is 1. The molecule has 1 rings (SSSR count). The number of rotatable bonds is 5. The molecule has 0 saturated heterocycles. The lowest BCUT2D eigenvalue weighted by Crippen LogP contribution is -2.34. The van der Waals surface area contributed by atoms with E-state index in [4.69, 9.17) is 0 Å². The highest BCUT2D eigenvalue weighted by atomic mass is 32.2. The van der Waals surface area contributed by atoms with Gasteiger partial charge in [-0.3, -0.25) is 4.79 Å². The molecule has 1 aromatic rings. The van der Waals surface area contributed by atoms with Gasteiger partial charge in [0.1, 0.15) is 0 Å². The Morgan fingerprint density at radius 3 is 2.53 bits per heavy atom. The van der Waals surface area contributed by atoms with Crippen LogP contribution in [0.2, 0.25) is 0 Å². The molecule has 0 saturated carbocycles. The molecule has 0 radical (unpaired) electrons. The molecule has 0 aromatic heterocycles. The van der Waals surface area contributed by atoms with Crippen LogP contribution in [0.3, 0.4) is 0 Å². The van der Waals surface area contributed by atoms with Gasteiger partial charge < -0.3 is 5.32 Å². The van der Waals surface area contributed by atoms with Crippen LogP contribution in [-0.2, 0) is 25.6 Å². The summed E-state index contributed by atoms with van der Waals surface area (Å²) in [6.07, 6.45) is -1.85. The molecule has 0 heterocycles. The summed E-state index contributed by atoms with van der Waals surface area (Å²) < 4.78 is 38.0. The van der Waals surface area contributed by atoms with Crippen molar-refractivity contribution >= 4 is 16.0 Å². The smallest absolute Gasteiger partial charge is 0.293 e. The number of hydrogen-bond acceptors (Lipinski definition) is 4. The van der Waals surface area contributed by atoms with E-state index < -0.39 is 22.4 Å². The monoisotopic (exact) mass is 261 g/mol. The van der Waals surface area contributed by atoms with Crippen LogP contribution in [0.15, 0.2) is 30.3 Å². The molecular formula is C10H12FNO4S. The van der Waals surface area contributed by atoms with Crippen LogP contribution in [0.25, 0.3) is 0 Å². The minimum absolute atomic E-state index is 0.104. The van der Waals surface area contributed by atoms with Gasteiger partial charge in [0.25, 0.3) is 22.4 Å². The highest BCUT2D eigenvalue weighted by molar-refractivity contribution is 7.86. The predicted octanol–water partition coefficient (Wildman–Crippen LogP) is 0.575. The van der Waals surface area contributed by atoms with Crippen molar-refractivity contribution in [2.24, 2.45) is 0 Å². The largest absolute Gasteiger partial charge is 0.347 e. The van der Waals surface area contributed by atoms with E-state index in [-0.39, 0.29) is 6.54 Å². The van der Waals surface area contributed by atoms with Gasteiger partial charge in [-0.2, -0.15) is 8.42 Å². The minimum atomic E-state index is -3.99. The van der Waals surface area contributed by atoms with E-state index in [2.05, 4.69) is 9.50 Å². The maximum Gasteiger partial charge on any atom is 0.293 e. The number of carbonyl (C=O) groups excluding carboxylic acids is 1.